The third-order valence-corrected chi connectivity index (χ3v) is 2.56. The maximum absolute atomic E-state index is 4.20. The molecule has 0 radical (unpaired) electrons. The quantitative estimate of drug-likeness (QED) is 0.776. The molecule has 1 heterocycles. The number of nitrogens with zero attached hydrogens (tertiary/aromatic N) is 3. The number of nitrogens with one attached hydrogen (secondary N) is 1. The maximum Gasteiger partial charge on any atom is 0.0996 e. The number of rotatable bonds is 5. The highest BCUT2D eigenvalue weighted by atomic mass is 15.4. The Bertz CT molecular complexity index is 280. The predicted octanol–water partition coefficient (Wildman–Crippen LogP) is 1.53. The molecule has 1 N–H and O–H groups in total. The van der Waals surface area contributed by atoms with Crippen LogP contribution in [0.4, 0.5) is 0 Å². The Kier molecular flexibility index (Phi) is 4.07. The highest BCUT2D eigenvalue weighted by Gasteiger charge is 2.13. The molecule has 0 bridgehead atoms. The van der Waals surface area contributed by atoms with Crippen LogP contribution in [0.1, 0.15) is 44.6 Å². The van der Waals surface area contributed by atoms with Crippen LogP contribution in [-0.2, 0) is 13.0 Å². The molecular weight excluding hydrogens is 176 g/mol. The first-order valence-electron chi connectivity index (χ1n) is 5.32. The molecule has 0 spiro atoms. The van der Waals surface area contributed by atoms with Crippen LogP contribution in [0, 0.1) is 0 Å². The van der Waals surface area contributed by atoms with Crippen molar-refractivity contribution in [3.05, 3.63) is 11.4 Å². The van der Waals surface area contributed by atoms with E-state index in [0.29, 0.717) is 6.04 Å². The SMILES string of the molecule is CCc1c(CNC)nnn1C(C)CC. The average molecular weight is 196 g/mol. The Morgan fingerprint density at radius 2 is 2.14 bits per heavy atom. The van der Waals surface area contributed by atoms with Gasteiger partial charge in [-0.15, -0.1) is 5.10 Å². The van der Waals surface area contributed by atoms with Gasteiger partial charge in [-0.25, -0.2) is 4.68 Å². The lowest BCUT2D eigenvalue weighted by atomic mass is 10.2. The molecule has 80 valence electrons. The van der Waals surface area contributed by atoms with Crippen LogP contribution in [0.5, 0.6) is 0 Å². The van der Waals surface area contributed by atoms with Crippen molar-refractivity contribution in [3.8, 4) is 0 Å². The van der Waals surface area contributed by atoms with Crippen molar-refractivity contribution in [1.29, 1.82) is 0 Å². The van der Waals surface area contributed by atoms with Crippen LogP contribution >= 0.6 is 0 Å². The van der Waals surface area contributed by atoms with Gasteiger partial charge in [0.25, 0.3) is 0 Å². The topological polar surface area (TPSA) is 42.7 Å². The molecule has 4 heteroatoms. The van der Waals surface area contributed by atoms with Crippen molar-refractivity contribution >= 4 is 0 Å². The Labute approximate surface area is 85.7 Å². The molecule has 1 aromatic heterocycles. The zero-order valence-corrected chi connectivity index (χ0v) is 9.54. The van der Waals surface area contributed by atoms with Gasteiger partial charge < -0.3 is 5.32 Å². The van der Waals surface area contributed by atoms with E-state index in [1.165, 1.54) is 5.69 Å². The molecule has 14 heavy (non-hydrogen) atoms. The zero-order chi connectivity index (χ0) is 10.6. The largest absolute Gasteiger partial charge is 0.314 e. The van der Waals surface area contributed by atoms with Crippen molar-refractivity contribution in [2.45, 2.75) is 46.2 Å². The summed E-state index contributed by atoms with van der Waals surface area (Å²) in [6.45, 7) is 7.30. The second-order valence-electron chi connectivity index (χ2n) is 3.57. The molecule has 1 aromatic rings. The van der Waals surface area contributed by atoms with Crippen LogP contribution in [-0.4, -0.2) is 22.0 Å². The van der Waals surface area contributed by atoms with E-state index < -0.39 is 0 Å². The first-order valence-corrected chi connectivity index (χ1v) is 5.32. The van der Waals surface area contributed by atoms with Gasteiger partial charge in [0, 0.05) is 6.54 Å². The van der Waals surface area contributed by atoms with Crippen molar-refractivity contribution in [2.75, 3.05) is 7.05 Å². The van der Waals surface area contributed by atoms with Crippen molar-refractivity contribution < 1.29 is 0 Å². The molecule has 1 atom stereocenters. The highest BCUT2D eigenvalue weighted by molar-refractivity contribution is 5.10. The van der Waals surface area contributed by atoms with E-state index in [0.717, 1.165) is 25.1 Å². The normalized spacial score (nSPS) is 13.1. The molecule has 0 aliphatic carbocycles. The van der Waals surface area contributed by atoms with Gasteiger partial charge in [-0.3, -0.25) is 0 Å². The fraction of sp³-hybridized carbons (Fsp3) is 0.800. The molecule has 0 amide bonds. The number of hydrogen-bond donors (Lipinski definition) is 1. The summed E-state index contributed by atoms with van der Waals surface area (Å²) in [7, 11) is 1.93. The van der Waals surface area contributed by atoms with Gasteiger partial charge in [0.2, 0.25) is 0 Å². The van der Waals surface area contributed by atoms with Crippen LogP contribution in [0.15, 0.2) is 0 Å². The fourth-order valence-electron chi connectivity index (χ4n) is 1.54. The molecule has 0 aliphatic rings. The van der Waals surface area contributed by atoms with E-state index in [9.17, 15) is 0 Å². The van der Waals surface area contributed by atoms with Gasteiger partial charge >= 0.3 is 0 Å². The fourth-order valence-corrected chi connectivity index (χ4v) is 1.54. The molecule has 1 rings (SSSR count). The second kappa shape index (κ2) is 5.10. The van der Waals surface area contributed by atoms with Gasteiger partial charge in [0.15, 0.2) is 0 Å². The third-order valence-electron chi connectivity index (χ3n) is 2.56. The minimum absolute atomic E-state index is 0.447. The lowest BCUT2D eigenvalue weighted by Crippen LogP contribution is -2.12. The van der Waals surface area contributed by atoms with E-state index in [2.05, 4.69) is 36.4 Å². The lowest BCUT2D eigenvalue weighted by Gasteiger charge is -2.11. The van der Waals surface area contributed by atoms with Crippen molar-refractivity contribution in [2.24, 2.45) is 0 Å². The van der Waals surface area contributed by atoms with Crippen LogP contribution in [0.3, 0.4) is 0 Å². The third kappa shape index (κ3) is 2.12. The predicted molar refractivity (Wildman–Crippen MR) is 57.2 cm³/mol. The monoisotopic (exact) mass is 196 g/mol. The summed E-state index contributed by atoms with van der Waals surface area (Å²) >= 11 is 0. The smallest absolute Gasteiger partial charge is 0.0996 e. The summed E-state index contributed by atoms with van der Waals surface area (Å²) < 4.78 is 2.05. The molecule has 1 unspecified atom stereocenters. The summed E-state index contributed by atoms with van der Waals surface area (Å²) in [6, 6.07) is 0.447. The Morgan fingerprint density at radius 1 is 1.43 bits per heavy atom. The number of hydrogen-bond acceptors (Lipinski definition) is 3. The second-order valence-corrected chi connectivity index (χ2v) is 3.57. The highest BCUT2D eigenvalue weighted by Crippen LogP contribution is 2.14. The van der Waals surface area contributed by atoms with Gasteiger partial charge in [0.05, 0.1) is 17.4 Å². The maximum atomic E-state index is 4.20. The van der Waals surface area contributed by atoms with Crippen molar-refractivity contribution in [3.63, 3.8) is 0 Å². The summed E-state index contributed by atoms with van der Waals surface area (Å²) in [5.41, 5.74) is 2.34. The van der Waals surface area contributed by atoms with Gasteiger partial charge in [-0.1, -0.05) is 19.1 Å². The summed E-state index contributed by atoms with van der Waals surface area (Å²) in [5, 5.41) is 11.5. The van der Waals surface area contributed by atoms with E-state index >= 15 is 0 Å². The summed E-state index contributed by atoms with van der Waals surface area (Å²) in [4.78, 5) is 0. The van der Waals surface area contributed by atoms with E-state index in [4.69, 9.17) is 0 Å². The van der Waals surface area contributed by atoms with Gasteiger partial charge in [0.1, 0.15) is 0 Å². The summed E-state index contributed by atoms with van der Waals surface area (Å²) in [6.07, 6.45) is 2.09. The number of aromatic nitrogens is 3. The minimum atomic E-state index is 0.447. The molecule has 0 aliphatic heterocycles. The first kappa shape index (κ1) is 11.2. The van der Waals surface area contributed by atoms with E-state index in [1.54, 1.807) is 0 Å². The molecule has 0 saturated heterocycles. The molecule has 0 aromatic carbocycles. The van der Waals surface area contributed by atoms with Crippen molar-refractivity contribution in [1.82, 2.24) is 20.3 Å². The standard InChI is InChI=1S/C10H20N4/c1-5-8(3)14-10(6-2)9(7-11-4)12-13-14/h8,11H,5-7H2,1-4H3. The lowest BCUT2D eigenvalue weighted by molar-refractivity contribution is 0.449. The van der Waals surface area contributed by atoms with E-state index in [1.807, 2.05) is 11.7 Å². The van der Waals surface area contributed by atoms with Crippen LogP contribution in [0.2, 0.25) is 0 Å². The Hall–Kier alpha value is -0.900. The average Bonchev–Trinajstić information content (AvgIpc) is 2.60. The Morgan fingerprint density at radius 3 is 2.64 bits per heavy atom. The van der Waals surface area contributed by atoms with Crippen LogP contribution < -0.4 is 5.32 Å². The van der Waals surface area contributed by atoms with Gasteiger partial charge in [-0.05, 0) is 26.8 Å². The van der Waals surface area contributed by atoms with E-state index in [-0.39, 0.29) is 0 Å². The van der Waals surface area contributed by atoms with Gasteiger partial charge in [-0.2, -0.15) is 0 Å². The molecular formula is C10H20N4. The minimum Gasteiger partial charge on any atom is -0.314 e. The van der Waals surface area contributed by atoms with Crippen LogP contribution in [0.25, 0.3) is 0 Å². The molecule has 0 saturated carbocycles. The molecule has 0 fully saturated rings. The Balaban J connectivity index is 2.94. The first-order chi connectivity index (χ1) is 6.74. The molecule has 4 nitrogen and oxygen atoms in total. The summed E-state index contributed by atoms with van der Waals surface area (Å²) in [5.74, 6) is 0. The zero-order valence-electron chi connectivity index (χ0n) is 9.54.